The highest BCUT2D eigenvalue weighted by atomic mass is 32.2. The average molecular weight is 394 g/mol. The van der Waals surface area contributed by atoms with E-state index < -0.39 is 0 Å². The van der Waals surface area contributed by atoms with E-state index in [1.807, 2.05) is 25.1 Å². The van der Waals surface area contributed by atoms with E-state index in [0.29, 0.717) is 6.54 Å². The van der Waals surface area contributed by atoms with Crippen molar-refractivity contribution in [3.63, 3.8) is 0 Å². The van der Waals surface area contributed by atoms with E-state index in [1.54, 1.807) is 11.8 Å². The van der Waals surface area contributed by atoms with Crippen LogP contribution in [-0.2, 0) is 12.3 Å². The molecule has 1 unspecified atom stereocenters. The third kappa shape index (κ3) is 5.04. The summed E-state index contributed by atoms with van der Waals surface area (Å²) in [6.07, 6.45) is 1.66. The van der Waals surface area contributed by atoms with Gasteiger partial charge in [-0.1, -0.05) is 53.7 Å². The lowest BCUT2D eigenvalue weighted by molar-refractivity contribution is 0.210. The van der Waals surface area contributed by atoms with Crippen LogP contribution < -0.4 is 4.74 Å². The van der Waals surface area contributed by atoms with E-state index in [1.165, 1.54) is 22.3 Å². The Hall–Kier alpha value is -2.53. The molecular weight excluding hydrogens is 366 g/mol. The van der Waals surface area contributed by atoms with E-state index in [4.69, 9.17) is 4.74 Å². The van der Waals surface area contributed by atoms with Crippen LogP contribution in [0.3, 0.4) is 0 Å². The molecule has 0 amide bonds. The Balaban J connectivity index is 1.77. The van der Waals surface area contributed by atoms with Gasteiger partial charge in [0, 0.05) is 12.3 Å². The topological polar surface area (TPSA) is 39.9 Å². The van der Waals surface area contributed by atoms with Gasteiger partial charge in [0.05, 0.1) is 0 Å². The molecule has 3 rings (SSSR count). The Bertz CT molecular complexity index is 927. The maximum absolute atomic E-state index is 6.17. The summed E-state index contributed by atoms with van der Waals surface area (Å²) in [5.74, 6) is 2.51. The van der Waals surface area contributed by atoms with Crippen LogP contribution in [0.2, 0.25) is 0 Å². The quantitative estimate of drug-likeness (QED) is 0.357. The van der Waals surface area contributed by atoms with Gasteiger partial charge < -0.3 is 4.74 Å². The molecule has 4 nitrogen and oxygen atoms in total. The number of thioether (sulfide) groups is 1. The number of aromatic nitrogens is 3. The summed E-state index contributed by atoms with van der Waals surface area (Å²) in [6, 6.07) is 14.8. The third-order valence-electron chi connectivity index (χ3n) is 4.42. The Morgan fingerprint density at radius 3 is 2.36 bits per heavy atom. The van der Waals surface area contributed by atoms with Gasteiger partial charge in [-0.15, -0.1) is 16.8 Å². The van der Waals surface area contributed by atoms with Gasteiger partial charge in [0.2, 0.25) is 0 Å². The second-order valence-electron chi connectivity index (χ2n) is 7.10. The minimum absolute atomic E-state index is 0.206. The highest BCUT2D eigenvalue weighted by Crippen LogP contribution is 2.27. The third-order valence-corrected chi connectivity index (χ3v) is 5.46. The normalized spacial score (nSPS) is 12.0. The second kappa shape index (κ2) is 9.11. The fourth-order valence-corrected chi connectivity index (χ4v) is 4.01. The Labute approximate surface area is 171 Å². The van der Waals surface area contributed by atoms with Gasteiger partial charge in [0.25, 0.3) is 0 Å². The molecule has 0 aliphatic heterocycles. The van der Waals surface area contributed by atoms with Crippen LogP contribution in [0.4, 0.5) is 0 Å². The van der Waals surface area contributed by atoms with Gasteiger partial charge in [-0.2, -0.15) is 0 Å². The molecule has 0 radical (unpaired) electrons. The van der Waals surface area contributed by atoms with E-state index in [2.05, 4.69) is 72.4 Å². The standard InChI is InChI=1S/C23H27N3OS/c1-6-11-26-22(19(5)27-21-13-17(3)12-18(4)14-21)24-25-23(26)28-15-20-9-7-16(2)8-10-20/h6-10,12-14,19H,1,11,15H2,2-5H3. The fourth-order valence-electron chi connectivity index (χ4n) is 3.10. The highest BCUT2D eigenvalue weighted by molar-refractivity contribution is 7.98. The van der Waals surface area contributed by atoms with E-state index in [9.17, 15) is 0 Å². The summed E-state index contributed by atoms with van der Waals surface area (Å²) in [6.45, 7) is 12.8. The molecule has 0 aliphatic rings. The van der Waals surface area contributed by atoms with Crippen molar-refractivity contribution in [2.75, 3.05) is 0 Å². The molecule has 28 heavy (non-hydrogen) atoms. The maximum atomic E-state index is 6.17. The molecule has 0 fully saturated rings. The second-order valence-corrected chi connectivity index (χ2v) is 8.04. The SMILES string of the molecule is C=CCn1c(SCc2ccc(C)cc2)nnc1C(C)Oc1cc(C)cc(C)c1. The van der Waals surface area contributed by atoms with Crippen molar-refractivity contribution in [2.24, 2.45) is 0 Å². The Kier molecular flexibility index (Phi) is 6.57. The first-order valence-electron chi connectivity index (χ1n) is 9.43. The summed E-state index contributed by atoms with van der Waals surface area (Å²) in [4.78, 5) is 0. The molecule has 0 bridgehead atoms. The lowest BCUT2D eigenvalue weighted by atomic mass is 10.1. The van der Waals surface area contributed by atoms with Crippen molar-refractivity contribution in [1.29, 1.82) is 0 Å². The molecular formula is C23H27N3OS. The molecule has 146 valence electrons. The summed E-state index contributed by atoms with van der Waals surface area (Å²) in [7, 11) is 0. The molecule has 0 aliphatic carbocycles. The fraction of sp³-hybridized carbons (Fsp3) is 0.304. The van der Waals surface area contributed by atoms with Crippen LogP contribution in [-0.4, -0.2) is 14.8 Å². The van der Waals surface area contributed by atoms with Crippen LogP contribution in [0.15, 0.2) is 60.3 Å². The number of hydrogen-bond donors (Lipinski definition) is 0. The number of benzene rings is 2. The van der Waals surface area contributed by atoms with Crippen molar-refractivity contribution in [3.8, 4) is 5.75 Å². The number of rotatable bonds is 8. The van der Waals surface area contributed by atoms with E-state index >= 15 is 0 Å². The van der Waals surface area contributed by atoms with Crippen molar-refractivity contribution in [3.05, 3.63) is 83.2 Å². The van der Waals surface area contributed by atoms with Gasteiger partial charge in [-0.25, -0.2) is 0 Å². The van der Waals surface area contributed by atoms with Gasteiger partial charge in [0.1, 0.15) is 5.75 Å². The minimum atomic E-state index is -0.206. The smallest absolute Gasteiger partial charge is 0.191 e. The molecule has 0 saturated carbocycles. The molecule has 0 N–H and O–H groups in total. The van der Waals surface area contributed by atoms with Crippen LogP contribution in [0.5, 0.6) is 5.75 Å². The monoisotopic (exact) mass is 393 g/mol. The van der Waals surface area contributed by atoms with E-state index in [-0.39, 0.29) is 6.10 Å². The Morgan fingerprint density at radius 2 is 1.71 bits per heavy atom. The number of nitrogens with zero attached hydrogens (tertiary/aromatic N) is 3. The summed E-state index contributed by atoms with van der Waals surface area (Å²) in [5, 5.41) is 9.72. The Morgan fingerprint density at radius 1 is 1.04 bits per heavy atom. The molecule has 3 aromatic rings. The molecule has 1 atom stereocenters. The number of ether oxygens (including phenoxy) is 1. The zero-order chi connectivity index (χ0) is 20.1. The molecule has 1 heterocycles. The maximum Gasteiger partial charge on any atom is 0.191 e. The van der Waals surface area contributed by atoms with Gasteiger partial charge in [-0.05, 0) is 56.5 Å². The first-order valence-corrected chi connectivity index (χ1v) is 10.4. The first kappa shape index (κ1) is 20.2. The summed E-state index contributed by atoms with van der Waals surface area (Å²) in [5.41, 5.74) is 4.90. The molecule has 5 heteroatoms. The van der Waals surface area contributed by atoms with Crippen LogP contribution >= 0.6 is 11.8 Å². The van der Waals surface area contributed by atoms with Crippen LogP contribution in [0, 0.1) is 20.8 Å². The zero-order valence-electron chi connectivity index (χ0n) is 17.0. The predicted octanol–water partition coefficient (Wildman–Crippen LogP) is 5.82. The summed E-state index contributed by atoms with van der Waals surface area (Å²) < 4.78 is 8.25. The van der Waals surface area contributed by atoms with Crippen molar-refractivity contribution < 1.29 is 4.74 Å². The van der Waals surface area contributed by atoms with Gasteiger partial charge in [-0.3, -0.25) is 4.57 Å². The number of hydrogen-bond acceptors (Lipinski definition) is 4. The molecule has 2 aromatic carbocycles. The minimum Gasteiger partial charge on any atom is -0.483 e. The van der Waals surface area contributed by atoms with E-state index in [0.717, 1.165) is 22.5 Å². The first-order chi connectivity index (χ1) is 13.5. The van der Waals surface area contributed by atoms with Crippen LogP contribution in [0.1, 0.15) is 41.1 Å². The predicted molar refractivity (Wildman–Crippen MR) is 116 cm³/mol. The lowest BCUT2D eigenvalue weighted by Crippen LogP contribution is -2.12. The number of aryl methyl sites for hydroxylation is 3. The van der Waals surface area contributed by atoms with Crippen LogP contribution in [0.25, 0.3) is 0 Å². The lowest BCUT2D eigenvalue weighted by Gasteiger charge is -2.16. The largest absolute Gasteiger partial charge is 0.483 e. The van der Waals surface area contributed by atoms with Gasteiger partial charge >= 0.3 is 0 Å². The molecule has 0 spiro atoms. The highest BCUT2D eigenvalue weighted by Gasteiger charge is 2.19. The van der Waals surface area contributed by atoms with Crippen molar-refractivity contribution >= 4 is 11.8 Å². The van der Waals surface area contributed by atoms with Crippen molar-refractivity contribution in [1.82, 2.24) is 14.8 Å². The molecule has 0 saturated heterocycles. The molecule has 1 aromatic heterocycles. The summed E-state index contributed by atoms with van der Waals surface area (Å²) >= 11 is 1.68. The number of allylic oxidation sites excluding steroid dienone is 1. The zero-order valence-corrected chi connectivity index (χ0v) is 17.8. The van der Waals surface area contributed by atoms with Crippen molar-refractivity contribution in [2.45, 2.75) is 51.3 Å². The van der Waals surface area contributed by atoms with Gasteiger partial charge in [0.15, 0.2) is 17.1 Å². The average Bonchev–Trinajstić information content (AvgIpc) is 3.03.